The standard InChI is InChI=1S/C21H25FN4O4S/c22-16-4-1-5-17(14-16)31(28,29)23-8-3-9-25-10-12-26(13-11-25)19-7-2-6-18-21(19)30-15-20(27)24-18/h1-2,4-7,14,23H,3,8-13,15H2,(H,24,27). The summed E-state index contributed by atoms with van der Waals surface area (Å²) in [6, 6.07) is 10.7. The van der Waals surface area contributed by atoms with Gasteiger partial charge in [0.15, 0.2) is 12.4 Å². The number of hydrogen-bond acceptors (Lipinski definition) is 6. The van der Waals surface area contributed by atoms with Crippen LogP contribution in [0, 0.1) is 5.82 Å². The van der Waals surface area contributed by atoms with Gasteiger partial charge in [-0.3, -0.25) is 9.69 Å². The summed E-state index contributed by atoms with van der Waals surface area (Å²) < 4.78 is 45.9. The summed E-state index contributed by atoms with van der Waals surface area (Å²) >= 11 is 0. The van der Waals surface area contributed by atoms with Crippen LogP contribution < -0.4 is 19.7 Å². The minimum atomic E-state index is -3.70. The zero-order valence-corrected chi connectivity index (χ0v) is 17.8. The summed E-state index contributed by atoms with van der Waals surface area (Å²) in [5.74, 6) is -0.0157. The summed E-state index contributed by atoms with van der Waals surface area (Å²) in [7, 11) is -3.70. The predicted octanol–water partition coefficient (Wildman–Crippen LogP) is 1.65. The fraction of sp³-hybridized carbons (Fsp3) is 0.381. The number of para-hydroxylation sites is 1. The fourth-order valence-electron chi connectivity index (χ4n) is 3.79. The Balaban J connectivity index is 1.24. The van der Waals surface area contributed by atoms with Gasteiger partial charge in [0.2, 0.25) is 10.0 Å². The van der Waals surface area contributed by atoms with Crippen LogP contribution in [0.4, 0.5) is 15.8 Å². The number of carbonyl (C=O) groups excluding carboxylic acids is 1. The number of piperazine rings is 1. The minimum Gasteiger partial charge on any atom is -0.479 e. The van der Waals surface area contributed by atoms with Crippen LogP contribution in [0.2, 0.25) is 0 Å². The molecule has 166 valence electrons. The van der Waals surface area contributed by atoms with Gasteiger partial charge in [0, 0.05) is 32.7 Å². The lowest BCUT2D eigenvalue weighted by Crippen LogP contribution is -2.47. The predicted molar refractivity (Wildman–Crippen MR) is 115 cm³/mol. The van der Waals surface area contributed by atoms with Crippen molar-refractivity contribution < 1.29 is 22.3 Å². The number of anilines is 2. The van der Waals surface area contributed by atoms with Gasteiger partial charge in [-0.2, -0.15) is 0 Å². The van der Waals surface area contributed by atoms with Gasteiger partial charge in [0.25, 0.3) is 5.91 Å². The van der Waals surface area contributed by atoms with Crippen LogP contribution in [-0.2, 0) is 14.8 Å². The molecule has 1 fully saturated rings. The summed E-state index contributed by atoms with van der Waals surface area (Å²) in [5, 5.41) is 2.83. The van der Waals surface area contributed by atoms with E-state index in [0.717, 1.165) is 44.5 Å². The highest BCUT2D eigenvalue weighted by molar-refractivity contribution is 7.89. The van der Waals surface area contributed by atoms with Gasteiger partial charge in [0.1, 0.15) is 5.82 Å². The summed E-state index contributed by atoms with van der Waals surface area (Å²) in [6.07, 6.45) is 0.657. The van der Waals surface area contributed by atoms with E-state index >= 15 is 0 Å². The Morgan fingerprint density at radius 3 is 2.65 bits per heavy atom. The van der Waals surface area contributed by atoms with Crippen LogP contribution in [-0.4, -0.2) is 65.1 Å². The molecule has 2 aliphatic heterocycles. The highest BCUT2D eigenvalue weighted by atomic mass is 32.2. The van der Waals surface area contributed by atoms with Gasteiger partial charge in [-0.05, 0) is 43.3 Å². The molecule has 8 nitrogen and oxygen atoms in total. The molecule has 2 aliphatic rings. The molecule has 1 saturated heterocycles. The third kappa shape index (κ3) is 5.15. The number of benzene rings is 2. The number of nitrogens with zero attached hydrogens (tertiary/aromatic N) is 2. The van der Waals surface area contributed by atoms with Crippen molar-refractivity contribution >= 4 is 27.3 Å². The number of rotatable bonds is 7. The molecule has 2 aromatic rings. The molecule has 0 aliphatic carbocycles. The molecule has 4 rings (SSSR count). The summed E-state index contributed by atoms with van der Waals surface area (Å²) in [6.45, 7) is 4.37. The first-order chi connectivity index (χ1) is 14.9. The van der Waals surface area contributed by atoms with E-state index in [4.69, 9.17) is 4.74 Å². The number of fused-ring (bicyclic) bond motifs is 1. The molecule has 0 saturated carbocycles. The van der Waals surface area contributed by atoms with E-state index < -0.39 is 15.8 Å². The molecule has 0 spiro atoms. The molecule has 0 bridgehead atoms. The molecule has 31 heavy (non-hydrogen) atoms. The molecule has 0 atom stereocenters. The van der Waals surface area contributed by atoms with Crippen LogP contribution >= 0.6 is 0 Å². The van der Waals surface area contributed by atoms with Crippen LogP contribution in [0.25, 0.3) is 0 Å². The second-order valence-corrected chi connectivity index (χ2v) is 9.30. The van der Waals surface area contributed by atoms with Crippen molar-refractivity contribution in [1.82, 2.24) is 9.62 Å². The molecule has 10 heteroatoms. The van der Waals surface area contributed by atoms with Crippen molar-refractivity contribution in [2.45, 2.75) is 11.3 Å². The van der Waals surface area contributed by atoms with E-state index in [1.165, 1.54) is 18.2 Å². The second kappa shape index (κ2) is 9.21. The number of ether oxygens (including phenoxy) is 1. The van der Waals surface area contributed by atoms with Crippen LogP contribution in [0.1, 0.15) is 6.42 Å². The zero-order valence-electron chi connectivity index (χ0n) is 17.0. The van der Waals surface area contributed by atoms with E-state index in [1.807, 2.05) is 18.2 Å². The quantitative estimate of drug-likeness (QED) is 0.626. The van der Waals surface area contributed by atoms with Gasteiger partial charge in [-0.1, -0.05) is 12.1 Å². The maximum absolute atomic E-state index is 13.3. The van der Waals surface area contributed by atoms with E-state index in [2.05, 4.69) is 19.8 Å². The summed E-state index contributed by atoms with van der Waals surface area (Å²) in [5.41, 5.74) is 1.67. The van der Waals surface area contributed by atoms with Crippen LogP contribution in [0.5, 0.6) is 5.75 Å². The first-order valence-corrected chi connectivity index (χ1v) is 11.7. The fourth-order valence-corrected chi connectivity index (χ4v) is 4.89. The lowest BCUT2D eigenvalue weighted by Gasteiger charge is -2.37. The van der Waals surface area contributed by atoms with Crippen molar-refractivity contribution in [3.8, 4) is 5.75 Å². The van der Waals surface area contributed by atoms with Gasteiger partial charge in [0.05, 0.1) is 16.3 Å². The van der Waals surface area contributed by atoms with Gasteiger partial charge in [-0.25, -0.2) is 17.5 Å². The topological polar surface area (TPSA) is 91.0 Å². The molecule has 0 aromatic heterocycles. The Morgan fingerprint density at radius 2 is 1.87 bits per heavy atom. The first-order valence-electron chi connectivity index (χ1n) is 10.2. The van der Waals surface area contributed by atoms with Crippen molar-refractivity contribution in [2.24, 2.45) is 0 Å². The Hall–Kier alpha value is -2.69. The van der Waals surface area contributed by atoms with Gasteiger partial charge < -0.3 is 15.0 Å². The number of halogens is 1. The largest absolute Gasteiger partial charge is 0.479 e. The molecule has 1 amide bonds. The van der Waals surface area contributed by atoms with Crippen molar-refractivity contribution in [1.29, 1.82) is 0 Å². The third-order valence-corrected chi connectivity index (χ3v) is 6.84. The van der Waals surface area contributed by atoms with Crippen molar-refractivity contribution in [2.75, 3.05) is 56.1 Å². The Morgan fingerprint density at radius 1 is 1.10 bits per heavy atom. The smallest absolute Gasteiger partial charge is 0.262 e. The lowest BCUT2D eigenvalue weighted by atomic mass is 10.2. The molecule has 2 N–H and O–H groups in total. The number of sulfonamides is 1. The molecule has 0 unspecified atom stereocenters. The molecular formula is C21H25FN4O4S. The zero-order chi connectivity index (χ0) is 21.8. The van der Waals surface area contributed by atoms with Gasteiger partial charge >= 0.3 is 0 Å². The third-order valence-electron chi connectivity index (χ3n) is 5.38. The number of hydrogen-bond donors (Lipinski definition) is 2. The number of amides is 1. The lowest BCUT2D eigenvalue weighted by molar-refractivity contribution is -0.118. The second-order valence-electron chi connectivity index (χ2n) is 7.53. The Kier molecular flexibility index (Phi) is 6.40. The van der Waals surface area contributed by atoms with Crippen LogP contribution in [0.15, 0.2) is 47.4 Å². The van der Waals surface area contributed by atoms with Crippen molar-refractivity contribution in [3.05, 3.63) is 48.3 Å². The molecule has 2 heterocycles. The monoisotopic (exact) mass is 448 g/mol. The van der Waals surface area contributed by atoms with Gasteiger partial charge in [-0.15, -0.1) is 0 Å². The average molecular weight is 449 g/mol. The molecule has 0 radical (unpaired) electrons. The SMILES string of the molecule is O=C1COc2c(cccc2N2CCN(CCCNS(=O)(=O)c3cccc(F)c3)CC2)N1. The number of carbonyl (C=O) groups is 1. The highest BCUT2D eigenvalue weighted by Gasteiger charge is 2.24. The average Bonchev–Trinajstić information content (AvgIpc) is 2.76. The molecular weight excluding hydrogens is 423 g/mol. The van der Waals surface area contributed by atoms with E-state index in [1.54, 1.807) is 0 Å². The highest BCUT2D eigenvalue weighted by Crippen LogP contribution is 2.38. The first kappa shape index (κ1) is 21.5. The van der Waals surface area contributed by atoms with Crippen LogP contribution in [0.3, 0.4) is 0 Å². The maximum atomic E-state index is 13.3. The number of nitrogens with one attached hydrogen (secondary N) is 2. The van der Waals surface area contributed by atoms with E-state index in [-0.39, 0.29) is 17.4 Å². The van der Waals surface area contributed by atoms with Crippen molar-refractivity contribution in [3.63, 3.8) is 0 Å². The van der Waals surface area contributed by atoms with E-state index in [0.29, 0.717) is 24.4 Å². The van der Waals surface area contributed by atoms with E-state index in [9.17, 15) is 17.6 Å². The normalized spacial score (nSPS) is 17.1. The summed E-state index contributed by atoms with van der Waals surface area (Å²) in [4.78, 5) is 16.0. The maximum Gasteiger partial charge on any atom is 0.262 e. The molecule has 2 aromatic carbocycles. The minimum absolute atomic E-state index is 0.0233. The Labute approximate surface area is 181 Å². The Bertz CT molecular complexity index is 1060.